The maximum Gasteiger partial charge on any atom is 0.228 e. The van der Waals surface area contributed by atoms with E-state index in [1.165, 1.54) is 0 Å². The van der Waals surface area contributed by atoms with Crippen LogP contribution < -0.4 is 4.74 Å². The molecule has 3 nitrogen and oxygen atoms in total. The molecular formula is C10H13Br2NO2. The van der Waals surface area contributed by atoms with E-state index in [2.05, 4.69) is 36.8 Å². The summed E-state index contributed by atoms with van der Waals surface area (Å²) < 4.78 is 12.5. The van der Waals surface area contributed by atoms with E-state index in [1.807, 2.05) is 19.9 Å². The molecule has 0 spiro atoms. The van der Waals surface area contributed by atoms with Gasteiger partial charge in [-0.05, 0) is 51.8 Å². The third-order valence-electron chi connectivity index (χ3n) is 1.55. The van der Waals surface area contributed by atoms with E-state index in [-0.39, 0.29) is 6.10 Å². The van der Waals surface area contributed by atoms with Gasteiger partial charge in [-0.25, -0.2) is 4.98 Å². The van der Waals surface area contributed by atoms with Crippen molar-refractivity contribution in [3.63, 3.8) is 0 Å². The second-order valence-electron chi connectivity index (χ2n) is 3.21. The van der Waals surface area contributed by atoms with Crippen molar-refractivity contribution in [2.75, 3.05) is 13.2 Å². The van der Waals surface area contributed by atoms with Crippen molar-refractivity contribution in [1.29, 1.82) is 0 Å². The van der Waals surface area contributed by atoms with Crippen LogP contribution in [0.1, 0.15) is 13.8 Å². The highest BCUT2D eigenvalue weighted by Gasteiger charge is 2.03. The molecule has 0 aliphatic heterocycles. The third-order valence-corrected chi connectivity index (χ3v) is 2.55. The van der Waals surface area contributed by atoms with Crippen LogP contribution in [0.4, 0.5) is 0 Å². The van der Waals surface area contributed by atoms with Crippen LogP contribution in [0.15, 0.2) is 21.2 Å². The van der Waals surface area contributed by atoms with E-state index < -0.39 is 0 Å². The van der Waals surface area contributed by atoms with Crippen molar-refractivity contribution in [2.24, 2.45) is 0 Å². The van der Waals surface area contributed by atoms with E-state index in [0.717, 1.165) is 8.95 Å². The number of aromatic nitrogens is 1. The minimum Gasteiger partial charge on any atom is -0.474 e. The quantitative estimate of drug-likeness (QED) is 0.771. The van der Waals surface area contributed by atoms with Crippen LogP contribution in [0.5, 0.6) is 5.88 Å². The minimum atomic E-state index is 0.231. The molecule has 0 aliphatic rings. The lowest BCUT2D eigenvalue weighted by atomic mass is 10.5. The number of pyridine rings is 1. The van der Waals surface area contributed by atoms with Crippen molar-refractivity contribution in [3.8, 4) is 5.88 Å². The van der Waals surface area contributed by atoms with Gasteiger partial charge in [0.1, 0.15) is 6.61 Å². The van der Waals surface area contributed by atoms with Gasteiger partial charge in [0, 0.05) is 10.7 Å². The van der Waals surface area contributed by atoms with Gasteiger partial charge in [0.05, 0.1) is 17.2 Å². The fourth-order valence-corrected chi connectivity index (χ4v) is 2.03. The van der Waals surface area contributed by atoms with Crippen molar-refractivity contribution in [3.05, 3.63) is 21.2 Å². The number of hydrogen-bond acceptors (Lipinski definition) is 3. The summed E-state index contributed by atoms with van der Waals surface area (Å²) in [5, 5.41) is 0. The van der Waals surface area contributed by atoms with E-state index >= 15 is 0 Å². The molecular weight excluding hydrogens is 326 g/mol. The first-order chi connectivity index (χ1) is 7.09. The molecule has 15 heavy (non-hydrogen) atoms. The van der Waals surface area contributed by atoms with E-state index in [1.54, 1.807) is 6.20 Å². The molecule has 0 aromatic carbocycles. The topological polar surface area (TPSA) is 31.4 Å². The van der Waals surface area contributed by atoms with Gasteiger partial charge >= 0.3 is 0 Å². The molecule has 0 bridgehead atoms. The van der Waals surface area contributed by atoms with Gasteiger partial charge in [0.25, 0.3) is 0 Å². The average Bonchev–Trinajstić information content (AvgIpc) is 2.14. The number of halogens is 2. The zero-order valence-corrected chi connectivity index (χ0v) is 11.8. The maximum atomic E-state index is 5.44. The van der Waals surface area contributed by atoms with Crippen molar-refractivity contribution in [2.45, 2.75) is 20.0 Å². The van der Waals surface area contributed by atoms with Crippen LogP contribution in [0.25, 0.3) is 0 Å². The SMILES string of the molecule is CC(C)OCCOc1ncc(Br)cc1Br. The Morgan fingerprint density at radius 1 is 1.33 bits per heavy atom. The van der Waals surface area contributed by atoms with Gasteiger partial charge in [-0.2, -0.15) is 0 Å². The van der Waals surface area contributed by atoms with Gasteiger partial charge in [0.15, 0.2) is 0 Å². The summed E-state index contributed by atoms with van der Waals surface area (Å²) in [4.78, 5) is 4.12. The highest BCUT2D eigenvalue weighted by Crippen LogP contribution is 2.25. The Balaban J connectivity index is 2.37. The van der Waals surface area contributed by atoms with Gasteiger partial charge < -0.3 is 9.47 Å². The lowest BCUT2D eigenvalue weighted by Crippen LogP contribution is -2.11. The molecule has 0 fully saturated rings. The minimum absolute atomic E-state index is 0.231. The number of ether oxygens (including phenoxy) is 2. The molecule has 84 valence electrons. The van der Waals surface area contributed by atoms with Crippen molar-refractivity contribution >= 4 is 31.9 Å². The first kappa shape index (κ1) is 12.9. The molecule has 1 heterocycles. The summed E-state index contributed by atoms with van der Waals surface area (Å²) in [5.74, 6) is 0.588. The fourth-order valence-electron chi connectivity index (χ4n) is 0.930. The Kier molecular flexibility index (Phi) is 5.56. The maximum absolute atomic E-state index is 5.44. The van der Waals surface area contributed by atoms with E-state index in [4.69, 9.17) is 9.47 Å². The summed E-state index contributed by atoms with van der Waals surface area (Å²) in [7, 11) is 0. The van der Waals surface area contributed by atoms with Gasteiger partial charge in [-0.3, -0.25) is 0 Å². The summed E-state index contributed by atoms with van der Waals surface area (Å²) in [6.07, 6.45) is 1.93. The first-order valence-electron chi connectivity index (χ1n) is 4.65. The van der Waals surface area contributed by atoms with Crippen LogP contribution in [0.2, 0.25) is 0 Å². The van der Waals surface area contributed by atoms with Crippen LogP contribution in [0.3, 0.4) is 0 Å². The Morgan fingerprint density at radius 3 is 2.67 bits per heavy atom. The first-order valence-corrected chi connectivity index (χ1v) is 6.23. The number of rotatable bonds is 5. The van der Waals surface area contributed by atoms with Gasteiger partial charge in [0.2, 0.25) is 5.88 Å². The molecule has 0 saturated carbocycles. The largest absolute Gasteiger partial charge is 0.474 e. The molecule has 0 N–H and O–H groups in total. The zero-order chi connectivity index (χ0) is 11.3. The molecule has 0 radical (unpaired) electrons. The van der Waals surface area contributed by atoms with Crippen LogP contribution in [0, 0.1) is 0 Å². The number of nitrogens with zero attached hydrogens (tertiary/aromatic N) is 1. The number of hydrogen-bond donors (Lipinski definition) is 0. The zero-order valence-electron chi connectivity index (χ0n) is 8.67. The second kappa shape index (κ2) is 6.45. The standard InChI is InChI=1S/C10H13Br2NO2/c1-7(2)14-3-4-15-10-9(12)5-8(11)6-13-10/h5-7H,3-4H2,1-2H3. The Labute approximate surface area is 106 Å². The molecule has 0 aliphatic carbocycles. The van der Waals surface area contributed by atoms with Crippen molar-refractivity contribution in [1.82, 2.24) is 4.98 Å². The predicted molar refractivity (Wildman–Crippen MR) is 66.2 cm³/mol. The lowest BCUT2D eigenvalue weighted by Gasteiger charge is -2.09. The summed E-state index contributed by atoms with van der Waals surface area (Å²) >= 11 is 6.69. The van der Waals surface area contributed by atoms with Crippen molar-refractivity contribution < 1.29 is 9.47 Å². The van der Waals surface area contributed by atoms with E-state index in [9.17, 15) is 0 Å². The van der Waals surface area contributed by atoms with Gasteiger partial charge in [-0.1, -0.05) is 0 Å². The molecule has 0 atom stereocenters. The fraction of sp³-hybridized carbons (Fsp3) is 0.500. The smallest absolute Gasteiger partial charge is 0.228 e. The predicted octanol–water partition coefficient (Wildman–Crippen LogP) is 3.41. The normalized spacial score (nSPS) is 10.7. The highest BCUT2D eigenvalue weighted by molar-refractivity contribution is 9.11. The summed E-state index contributed by atoms with van der Waals surface area (Å²) in [6, 6.07) is 1.89. The Hall–Kier alpha value is -0.130. The molecule has 0 amide bonds. The molecule has 1 rings (SSSR count). The average molecular weight is 339 g/mol. The van der Waals surface area contributed by atoms with E-state index in [0.29, 0.717) is 19.1 Å². The van der Waals surface area contributed by atoms with Gasteiger partial charge in [-0.15, -0.1) is 0 Å². The lowest BCUT2D eigenvalue weighted by molar-refractivity contribution is 0.0540. The van der Waals surface area contributed by atoms with Crippen LogP contribution >= 0.6 is 31.9 Å². The molecule has 1 aromatic heterocycles. The summed E-state index contributed by atoms with van der Waals surface area (Å²) in [5.41, 5.74) is 0. The molecule has 5 heteroatoms. The highest BCUT2D eigenvalue weighted by atomic mass is 79.9. The van der Waals surface area contributed by atoms with Crippen LogP contribution in [-0.4, -0.2) is 24.3 Å². The van der Waals surface area contributed by atoms with Crippen LogP contribution in [-0.2, 0) is 4.74 Å². The molecule has 1 aromatic rings. The molecule has 0 saturated heterocycles. The monoisotopic (exact) mass is 337 g/mol. The molecule has 0 unspecified atom stereocenters. The Bertz CT molecular complexity index is 318. The summed E-state index contributed by atoms with van der Waals surface area (Å²) in [6.45, 7) is 5.06. The Morgan fingerprint density at radius 2 is 2.07 bits per heavy atom. The second-order valence-corrected chi connectivity index (χ2v) is 4.98. The third kappa shape index (κ3) is 4.95.